The van der Waals surface area contributed by atoms with E-state index in [9.17, 15) is 0 Å². The molecule has 0 amide bonds. The van der Waals surface area contributed by atoms with E-state index in [1.165, 1.54) is 24.0 Å². The van der Waals surface area contributed by atoms with Crippen LogP contribution in [-0.2, 0) is 6.42 Å². The van der Waals surface area contributed by atoms with Crippen LogP contribution in [0.1, 0.15) is 22.4 Å². The molecule has 0 radical (unpaired) electrons. The Morgan fingerprint density at radius 2 is 2.27 bits per heavy atom. The minimum absolute atomic E-state index is 0.524. The Bertz CT molecular complexity index is 283. The lowest BCUT2D eigenvalue weighted by Gasteiger charge is -2.01. The summed E-state index contributed by atoms with van der Waals surface area (Å²) in [5.74, 6) is 0. The Hall–Kier alpha value is -0.0100. The van der Waals surface area contributed by atoms with Gasteiger partial charge in [-0.15, -0.1) is 0 Å². The molecule has 0 nitrogen and oxygen atoms in total. The maximum atomic E-state index is 5.87. The van der Waals surface area contributed by atoms with Crippen LogP contribution in [0.3, 0.4) is 0 Å². The zero-order valence-electron chi connectivity index (χ0n) is 5.98. The van der Waals surface area contributed by atoms with Gasteiger partial charge in [0.2, 0.25) is 0 Å². The SMILES string of the molecule is Clc1ccc2c(c1)[C@H](Br)CC2. The molecule has 0 aliphatic heterocycles. The molecule has 0 heterocycles. The number of hydrogen-bond acceptors (Lipinski definition) is 0. The van der Waals surface area contributed by atoms with Crippen LogP contribution in [0, 0.1) is 0 Å². The topological polar surface area (TPSA) is 0 Å². The van der Waals surface area contributed by atoms with Crippen LogP contribution >= 0.6 is 27.5 Å². The fourth-order valence-electron chi connectivity index (χ4n) is 1.52. The standard InChI is InChI=1S/C9H8BrCl/c10-9-4-2-6-1-3-7(11)5-8(6)9/h1,3,5,9H,2,4H2/t9-/m1/s1. The van der Waals surface area contributed by atoms with Crippen molar-refractivity contribution in [3.8, 4) is 0 Å². The Morgan fingerprint density at radius 1 is 1.45 bits per heavy atom. The van der Waals surface area contributed by atoms with Crippen LogP contribution < -0.4 is 0 Å². The monoisotopic (exact) mass is 230 g/mol. The van der Waals surface area contributed by atoms with Crippen molar-refractivity contribution in [2.75, 3.05) is 0 Å². The summed E-state index contributed by atoms with van der Waals surface area (Å²) in [7, 11) is 0. The lowest BCUT2D eigenvalue weighted by molar-refractivity contribution is 0.903. The van der Waals surface area contributed by atoms with E-state index in [0.29, 0.717) is 4.83 Å². The van der Waals surface area contributed by atoms with E-state index in [1.54, 1.807) is 0 Å². The van der Waals surface area contributed by atoms with E-state index < -0.39 is 0 Å². The fourth-order valence-corrected chi connectivity index (χ4v) is 2.36. The van der Waals surface area contributed by atoms with Gasteiger partial charge < -0.3 is 0 Å². The number of hydrogen-bond donors (Lipinski definition) is 0. The molecule has 1 aromatic rings. The second-order valence-electron chi connectivity index (χ2n) is 2.85. The first kappa shape index (κ1) is 7.63. The summed E-state index contributed by atoms with van der Waals surface area (Å²) in [6.07, 6.45) is 2.39. The fraction of sp³-hybridized carbons (Fsp3) is 0.333. The third-order valence-corrected chi connectivity index (χ3v) is 3.30. The van der Waals surface area contributed by atoms with Gasteiger partial charge >= 0.3 is 0 Å². The van der Waals surface area contributed by atoms with Gasteiger partial charge in [0.1, 0.15) is 0 Å². The first-order valence-corrected chi connectivity index (χ1v) is 4.99. The maximum Gasteiger partial charge on any atom is 0.0409 e. The van der Waals surface area contributed by atoms with Crippen molar-refractivity contribution in [3.63, 3.8) is 0 Å². The number of rotatable bonds is 0. The number of fused-ring (bicyclic) bond motifs is 1. The summed E-state index contributed by atoms with van der Waals surface area (Å²) in [6.45, 7) is 0. The van der Waals surface area contributed by atoms with Gasteiger partial charge in [-0.2, -0.15) is 0 Å². The molecule has 0 unspecified atom stereocenters. The van der Waals surface area contributed by atoms with Gasteiger partial charge in [0, 0.05) is 9.85 Å². The predicted molar refractivity (Wildman–Crippen MR) is 51.4 cm³/mol. The molecule has 1 aromatic carbocycles. The summed E-state index contributed by atoms with van der Waals surface area (Å²) in [4.78, 5) is 0.524. The Labute approximate surface area is 79.7 Å². The van der Waals surface area contributed by atoms with Crippen LogP contribution in [0.25, 0.3) is 0 Å². The molecule has 0 spiro atoms. The molecule has 1 aliphatic rings. The average Bonchev–Trinajstić information content (AvgIpc) is 2.33. The molecule has 0 N–H and O–H groups in total. The quantitative estimate of drug-likeness (QED) is 0.597. The van der Waals surface area contributed by atoms with E-state index in [-0.39, 0.29) is 0 Å². The molecule has 0 saturated heterocycles. The van der Waals surface area contributed by atoms with Crippen LogP contribution in [0.5, 0.6) is 0 Å². The third kappa shape index (κ3) is 1.32. The normalized spacial score (nSPS) is 21.8. The van der Waals surface area contributed by atoms with Gasteiger partial charge in [-0.05, 0) is 36.1 Å². The average molecular weight is 232 g/mol. The molecule has 58 valence electrons. The van der Waals surface area contributed by atoms with Gasteiger partial charge in [-0.3, -0.25) is 0 Å². The highest BCUT2D eigenvalue weighted by molar-refractivity contribution is 9.09. The van der Waals surface area contributed by atoms with Crippen LogP contribution in [0.15, 0.2) is 18.2 Å². The van der Waals surface area contributed by atoms with Crippen molar-refractivity contribution in [2.24, 2.45) is 0 Å². The third-order valence-electron chi connectivity index (χ3n) is 2.11. The molecule has 1 aliphatic carbocycles. The molecule has 0 saturated carbocycles. The molecule has 2 heteroatoms. The van der Waals surface area contributed by atoms with Crippen molar-refractivity contribution in [3.05, 3.63) is 34.3 Å². The molecule has 0 fully saturated rings. The first-order chi connectivity index (χ1) is 5.27. The second-order valence-corrected chi connectivity index (χ2v) is 4.39. The number of halogens is 2. The zero-order chi connectivity index (χ0) is 7.84. The molecule has 0 bridgehead atoms. The Morgan fingerprint density at radius 3 is 3.09 bits per heavy atom. The second kappa shape index (κ2) is 2.80. The highest BCUT2D eigenvalue weighted by Crippen LogP contribution is 2.38. The maximum absolute atomic E-state index is 5.87. The molecule has 11 heavy (non-hydrogen) atoms. The molecule has 1 atom stereocenters. The summed E-state index contributed by atoms with van der Waals surface area (Å²) in [6, 6.07) is 6.15. The van der Waals surface area contributed by atoms with Gasteiger partial charge in [0.05, 0.1) is 0 Å². The van der Waals surface area contributed by atoms with E-state index in [2.05, 4.69) is 28.1 Å². The lowest BCUT2D eigenvalue weighted by Crippen LogP contribution is -1.81. The minimum Gasteiger partial charge on any atom is -0.0843 e. The van der Waals surface area contributed by atoms with Gasteiger partial charge in [-0.25, -0.2) is 0 Å². The van der Waals surface area contributed by atoms with E-state index in [4.69, 9.17) is 11.6 Å². The Kier molecular flexibility index (Phi) is 1.94. The van der Waals surface area contributed by atoms with E-state index in [1.807, 2.05) is 6.07 Å². The summed E-state index contributed by atoms with van der Waals surface area (Å²) in [5, 5.41) is 0.843. The molecule has 0 aromatic heterocycles. The van der Waals surface area contributed by atoms with Gasteiger partial charge in [-0.1, -0.05) is 33.6 Å². The summed E-state index contributed by atoms with van der Waals surface area (Å²) in [5.41, 5.74) is 2.81. The van der Waals surface area contributed by atoms with Crippen molar-refractivity contribution in [1.82, 2.24) is 0 Å². The summed E-state index contributed by atoms with van der Waals surface area (Å²) < 4.78 is 0. The van der Waals surface area contributed by atoms with Crippen molar-refractivity contribution < 1.29 is 0 Å². The number of aryl methyl sites for hydroxylation is 1. The lowest BCUT2D eigenvalue weighted by atomic mass is 10.1. The Balaban J connectivity index is 2.52. The highest BCUT2D eigenvalue weighted by Gasteiger charge is 2.19. The predicted octanol–water partition coefficient (Wildman–Crippen LogP) is 3.72. The molecule has 2 rings (SSSR count). The number of alkyl halides is 1. The van der Waals surface area contributed by atoms with Crippen LogP contribution in [0.4, 0.5) is 0 Å². The molecular weight excluding hydrogens is 223 g/mol. The molecular formula is C9H8BrCl. The highest BCUT2D eigenvalue weighted by atomic mass is 79.9. The minimum atomic E-state index is 0.524. The largest absolute Gasteiger partial charge is 0.0843 e. The smallest absolute Gasteiger partial charge is 0.0409 e. The van der Waals surface area contributed by atoms with Gasteiger partial charge in [0.25, 0.3) is 0 Å². The van der Waals surface area contributed by atoms with Crippen LogP contribution in [-0.4, -0.2) is 0 Å². The van der Waals surface area contributed by atoms with E-state index in [0.717, 1.165) is 5.02 Å². The van der Waals surface area contributed by atoms with Crippen LogP contribution in [0.2, 0.25) is 5.02 Å². The van der Waals surface area contributed by atoms with E-state index >= 15 is 0 Å². The number of benzene rings is 1. The van der Waals surface area contributed by atoms with Crippen molar-refractivity contribution in [1.29, 1.82) is 0 Å². The first-order valence-electron chi connectivity index (χ1n) is 3.70. The van der Waals surface area contributed by atoms with Crippen molar-refractivity contribution >= 4 is 27.5 Å². The zero-order valence-corrected chi connectivity index (χ0v) is 8.32. The summed E-state index contributed by atoms with van der Waals surface area (Å²) >= 11 is 9.48. The van der Waals surface area contributed by atoms with Gasteiger partial charge in [0.15, 0.2) is 0 Å². The van der Waals surface area contributed by atoms with Crippen molar-refractivity contribution in [2.45, 2.75) is 17.7 Å².